The van der Waals surface area contributed by atoms with Crippen LogP contribution in [0.1, 0.15) is 33.1 Å². The normalized spacial score (nSPS) is 23.4. The van der Waals surface area contributed by atoms with Gasteiger partial charge in [0.2, 0.25) is 0 Å². The van der Waals surface area contributed by atoms with Crippen LogP contribution in [0.3, 0.4) is 0 Å². The highest BCUT2D eigenvalue weighted by molar-refractivity contribution is 6.60. The zero-order valence-electron chi connectivity index (χ0n) is 11.8. The van der Waals surface area contributed by atoms with E-state index in [9.17, 15) is 0 Å². The SMILES string of the molecule is CO[Si](CC(C)C1CC=C(C)CC1)(OC)OC. The van der Waals surface area contributed by atoms with Crippen LogP contribution < -0.4 is 0 Å². The van der Waals surface area contributed by atoms with Crippen molar-refractivity contribution in [3.8, 4) is 0 Å². The van der Waals surface area contributed by atoms with Crippen molar-refractivity contribution in [2.45, 2.75) is 39.2 Å². The van der Waals surface area contributed by atoms with Crippen molar-refractivity contribution in [3.63, 3.8) is 0 Å². The Morgan fingerprint density at radius 2 is 1.88 bits per heavy atom. The molecule has 2 unspecified atom stereocenters. The highest BCUT2D eigenvalue weighted by atomic mass is 28.4. The van der Waals surface area contributed by atoms with Crippen molar-refractivity contribution in [2.24, 2.45) is 11.8 Å². The summed E-state index contributed by atoms with van der Waals surface area (Å²) in [5.74, 6) is 1.33. The van der Waals surface area contributed by atoms with E-state index in [2.05, 4.69) is 19.9 Å². The zero-order chi connectivity index (χ0) is 12.9. The average Bonchev–Trinajstić information content (AvgIpc) is 2.37. The topological polar surface area (TPSA) is 27.7 Å². The second kappa shape index (κ2) is 6.68. The molecule has 0 bridgehead atoms. The van der Waals surface area contributed by atoms with E-state index >= 15 is 0 Å². The lowest BCUT2D eigenvalue weighted by atomic mass is 9.83. The molecule has 1 aliphatic rings. The number of hydrogen-bond donors (Lipinski definition) is 0. The molecular weight excluding hydrogens is 232 g/mol. The minimum absolute atomic E-state index is 0.589. The van der Waals surface area contributed by atoms with Gasteiger partial charge in [-0.25, -0.2) is 0 Å². The van der Waals surface area contributed by atoms with Crippen molar-refractivity contribution in [3.05, 3.63) is 11.6 Å². The van der Waals surface area contributed by atoms with Crippen LogP contribution in [0.15, 0.2) is 11.6 Å². The Balaban J connectivity index is 2.56. The Bertz CT molecular complexity index is 253. The molecule has 0 fully saturated rings. The van der Waals surface area contributed by atoms with Crippen molar-refractivity contribution < 1.29 is 13.3 Å². The molecule has 17 heavy (non-hydrogen) atoms. The second-order valence-corrected chi connectivity index (χ2v) is 8.06. The number of rotatable bonds is 6. The fraction of sp³-hybridized carbons (Fsp3) is 0.846. The molecule has 1 rings (SSSR count). The van der Waals surface area contributed by atoms with Crippen molar-refractivity contribution in [1.82, 2.24) is 0 Å². The molecule has 2 atom stereocenters. The Morgan fingerprint density at radius 3 is 2.29 bits per heavy atom. The third-order valence-electron chi connectivity index (χ3n) is 3.99. The molecule has 1 aliphatic carbocycles. The van der Waals surface area contributed by atoms with Crippen LogP contribution in [-0.2, 0) is 13.3 Å². The van der Waals surface area contributed by atoms with Gasteiger partial charge < -0.3 is 13.3 Å². The third-order valence-corrected chi connectivity index (χ3v) is 7.00. The highest BCUT2D eigenvalue weighted by Crippen LogP contribution is 2.34. The van der Waals surface area contributed by atoms with Crippen molar-refractivity contribution in [1.29, 1.82) is 0 Å². The summed E-state index contributed by atoms with van der Waals surface area (Å²) >= 11 is 0. The second-order valence-electron chi connectivity index (χ2n) is 5.06. The standard InChI is InChI=1S/C13H26O3Si/c1-11-6-8-13(9-7-11)12(2)10-17(14-3,15-4)16-5/h6,12-13H,7-10H2,1-5H3. The van der Waals surface area contributed by atoms with Gasteiger partial charge in [0.05, 0.1) is 0 Å². The van der Waals surface area contributed by atoms with E-state index in [1.165, 1.54) is 24.8 Å². The van der Waals surface area contributed by atoms with Crippen LogP contribution in [-0.4, -0.2) is 30.1 Å². The van der Waals surface area contributed by atoms with Gasteiger partial charge in [-0.15, -0.1) is 0 Å². The lowest BCUT2D eigenvalue weighted by molar-refractivity contribution is 0.114. The van der Waals surface area contributed by atoms with Crippen LogP contribution in [0.5, 0.6) is 0 Å². The van der Waals surface area contributed by atoms with Gasteiger partial charge in [0.15, 0.2) is 0 Å². The molecule has 0 aromatic rings. The van der Waals surface area contributed by atoms with Gasteiger partial charge in [0, 0.05) is 27.4 Å². The maximum atomic E-state index is 5.50. The van der Waals surface area contributed by atoms with Gasteiger partial charge in [-0.05, 0) is 38.0 Å². The highest BCUT2D eigenvalue weighted by Gasteiger charge is 2.41. The van der Waals surface area contributed by atoms with Crippen LogP contribution in [0.2, 0.25) is 6.04 Å². The van der Waals surface area contributed by atoms with E-state index in [-0.39, 0.29) is 0 Å². The Morgan fingerprint density at radius 1 is 1.29 bits per heavy atom. The fourth-order valence-electron chi connectivity index (χ4n) is 2.56. The molecule has 0 saturated heterocycles. The summed E-state index contributed by atoms with van der Waals surface area (Å²) in [4.78, 5) is 0. The Hall–Kier alpha value is -0.163. The van der Waals surface area contributed by atoms with Gasteiger partial charge in [-0.2, -0.15) is 0 Å². The first-order valence-corrected chi connectivity index (χ1v) is 8.31. The largest absolute Gasteiger partial charge is 0.500 e. The van der Waals surface area contributed by atoms with E-state index < -0.39 is 8.80 Å². The molecule has 0 heterocycles. The molecule has 0 amide bonds. The first kappa shape index (κ1) is 14.9. The molecule has 0 spiro atoms. The van der Waals surface area contributed by atoms with E-state index in [4.69, 9.17) is 13.3 Å². The lowest BCUT2D eigenvalue weighted by Gasteiger charge is -2.32. The molecule has 4 heteroatoms. The molecule has 0 N–H and O–H groups in total. The summed E-state index contributed by atoms with van der Waals surface area (Å²) in [6, 6.07) is 0.911. The quantitative estimate of drug-likeness (QED) is 0.541. The van der Waals surface area contributed by atoms with Gasteiger partial charge in [0.1, 0.15) is 0 Å². The minimum Gasteiger partial charge on any atom is -0.377 e. The van der Waals surface area contributed by atoms with E-state index in [0.29, 0.717) is 5.92 Å². The van der Waals surface area contributed by atoms with Crippen LogP contribution in [0, 0.1) is 11.8 Å². The van der Waals surface area contributed by atoms with E-state index in [1.807, 2.05) is 0 Å². The van der Waals surface area contributed by atoms with E-state index in [1.54, 1.807) is 21.3 Å². The van der Waals surface area contributed by atoms with E-state index in [0.717, 1.165) is 12.0 Å². The number of hydrogen-bond acceptors (Lipinski definition) is 3. The molecule has 100 valence electrons. The predicted octanol–water partition coefficient (Wildman–Crippen LogP) is 3.25. The fourth-order valence-corrected chi connectivity index (χ4v) is 4.69. The third kappa shape index (κ3) is 3.91. The van der Waals surface area contributed by atoms with Crippen molar-refractivity contribution in [2.75, 3.05) is 21.3 Å². The predicted molar refractivity (Wildman–Crippen MR) is 71.9 cm³/mol. The molecule has 0 aliphatic heterocycles. The Labute approximate surface area is 107 Å². The summed E-state index contributed by atoms with van der Waals surface area (Å²) in [6.45, 7) is 4.51. The minimum atomic E-state index is -2.40. The molecule has 0 aromatic carbocycles. The maximum Gasteiger partial charge on any atom is 0.500 e. The summed E-state index contributed by atoms with van der Waals surface area (Å²) < 4.78 is 16.5. The van der Waals surface area contributed by atoms with Crippen molar-refractivity contribution >= 4 is 8.80 Å². The lowest BCUT2D eigenvalue weighted by Crippen LogP contribution is -2.45. The Kier molecular flexibility index (Phi) is 5.86. The molecule has 3 nitrogen and oxygen atoms in total. The van der Waals surface area contributed by atoms with Crippen LogP contribution in [0.4, 0.5) is 0 Å². The smallest absolute Gasteiger partial charge is 0.377 e. The average molecular weight is 258 g/mol. The van der Waals surface area contributed by atoms with Crippen LogP contribution >= 0.6 is 0 Å². The molecule has 0 aromatic heterocycles. The zero-order valence-corrected chi connectivity index (χ0v) is 12.8. The van der Waals surface area contributed by atoms with Gasteiger partial charge in [0.25, 0.3) is 0 Å². The first-order valence-electron chi connectivity index (χ1n) is 6.38. The molecule has 0 saturated carbocycles. The maximum absolute atomic E-state index is 5.50. The number of allylic oxidation sites excluding steroid dienone is 2. The van der Waals surface area contributed by atoms with Gasteiger partial charge >= 0.3 is 8.80 Å². The van der Waals surface area contributed by atoms with Gasteiger partial charge in [-0.1, -0.05) is 18.6 Å². The summed E-state index contributed by atoms with van der Waals surface area (Å²) in [5, 5.41) is 0. The summed E-state index contributed by atoms with van der Waals surface area (Å²) in [6.07, 6.45) is 6.08. The molecular formula is C13H26O3Si. The summed E-state index contributed by atoms with van der Waals surface area (Å²) in [5.41, 5.74) is 1.53. The monoisotopic (exact) mass is 258 g/mol. The van der Waals surface area contributed by atoms with Crippen LogP contribution in [0.25, 0.3) is 0 Å². The molecule has 0 radical (unpaired) electrons. The first-order chi connectivity index (χ1) is 8.06. The summed E-state index contributed by atoms with van der Waals surface area (Å²) in [7, 11) is 2.67. The van der Waals surface area contributed by atoms with Gasteiger partial charge in [-0.3, -0.25) is 0 Å².